The fourth-order valence-electron chi connectivity index (χ4n) is 0.666. The van der Waals surface area contributed by atoms with Gasteiger partial charge in [-0.2, -0.15) is 0 Å². The second kappa shape index (κ2) is 3.47. The van der Waals surface area contributed by atoms with E-state index in [2.05, 4.69) is 0 Å². The molecule has 1 rings (SSSR count). The molecule has 0 bridgehead atoms. The number of carboxylic acids is 1. The molecule has 0 aliphatic carbocycles. The lowest BCUT2D eigenvalue weighted by Gasteiger charge is -1.89. The Morgan fingerprint density at radius 2 is 2.36 bits per heavy atom. The van der Waals surface area contributed by atoms with Crippen molar-refractivity contribution < 1.29 is 15.1 Å². The Kier molecular flexibility index (Phi) is 2.58. The summed E-state index contributed by atoms with van der Waals surface area (Å²) >= 11 is 1.14. The van der Waals surface area contributed by atoms with Crippen molar-refractivity contribution in [2.24, 2.45) is 0 Å². The summed E-state index contributed by atoms with van der Waals surface area (Å²) in [5, 5.41) is 16.8. The number of carboxylic acid groups (broad SMARTS) is 1. The van der Waals surface area contributed by atoms with Gasteiger partial charge in [-0.3, -0.25) is 0 Å². The third-order valence-corrected chi connectivity index (χ3v) is 2.20. The summed E-state index contributed by atoms with van der Waals surface area (Å²) < 4.78 is 0. The normalized spacial score (nSPS) is 9.91. The van der Waals surface area contributed by atoms with Gasteiger partial charge in [0.2, 0.25) is 0 Å². The van der Waals surface area contributed by atoms with Crippen molar-refractivity contribution in [3.05, 3.63) is 21.9 Å². The van der Waals surface area contributed by atoms with Gasteiger partial charge in [0.1, 0.15) is 4.88 Å². The quantitative estimate of drug-likeness (QED) is 0.594. The van der Waals surface area contributed by atoms with Crippen molar-refractivity contribution in [2.45, 2.75) is 6.54 Å². The van der Waals surface area contributed by atoms with Gasteiger partial charge >= 0.3 is 5.97 Å². The SMILES string of the molecule is O=C(O)c1ccc(CNO)s1. The average Bonchev–Trinajstić information content (AvgIpc) is 2.37. The second-order valence-electron chi connectivity index (χ2n) is 1.91. The fraction of sp³-hybridized carbons (Fsp3) is 0.167. The van der Waals surface area contributed by atoms with Gasteiger partial charge in [0.15, 0.2) is 0 Å². The summed E-state index contributed by atoms with van der Waals surface area (Å²) in [6.07, 6.45) is 0. The van der Waals surface area contributed by atoms with E-state index < -0.39 is 5.97 Å². The van der Waals surface area contributed by atoms with Gasteiger partial charge in [-0.25, -0.2) is 10.3 Å². The number of thiophene rings is 1. The molecule has 1 heterocycles. The first-order valence-electron chi connectivity index (χ1n) is 2.93. The molecule has 4 nitrogen and oxygen atoms in total. The van der Waals surface area contributed by atoms with E-state index in [-0.39, 0.29) is 11.4 Å². The topological polar surface area (TPSA) is 69.6 Å². The highest BCUT2D eigenvalue weighted by atomic mass is 32.1. The van der Waals surface area contributed by atoms with Crippen molar-refractivity contribution in [2.75, 3.05) is 0 Å². The van der Waals surface area contributed by atoms with Gasteiger partial charge in [0, 0.05) is 4.88 Å². The van der Waals surface area contributed by atoms with Gasteiger partial charge in [-0.15, -0.1) is 11.3 Å². The maximum Gasteiger partial charge on any atom is 0.345 e. The van der Waals surface area contributed by atoms with Crippen molar-refractivity contribution >= 4 is 17.3 Å². The van der Waals surface area contributed by atoms with Gasteiger partial charge in [0.25, 0.3) is 0 Å². The maximum absolute atomic E-state index is 10.3. The number of nitrogens with one attached hydrogen (secondary N) is 1. The Bertz CT molecular complexity index is 258. The Hall–Kier alpha value is -0.910. The van der Waals surface area contributed by atoms with Crippen LogP contribution in [0, 0.1) is 0 Å². The monoisotopic (exact) mass is 173 g/mol. The predicted octanol–water partition coefficient (Wildman–Crippen LogP) is 0.925. The molecule has 0 saturated heterocycles. The van der Waals surface area contributed by atoms with E-state index in [1.165, 1.54) is 6.07 Å². The number of hydrogen-bond acceptors (Lipinski definition) is 4. The molecule has 0 saturated carbocycles. The summed E-state index contributed by atoms with van der Waals surface area (Å²) in [5.74, 6) is -0.931. The van der Waals surface area contributed by atoms with Crippen molar-refractivity contribution in [1.82, 2.24) is 5.48 Å². The molecule has 1 aromatic rings. The molecule has 0 aliphatic heterocycles. The number of hydroxylamine groups is 1. The molecule has 60 valence electrons. The van der Waals surface area contributed by atoms with Crippen LogP contribution in [0.5, 0.6) is 0 Å². The molecule has 0 radical (unpaired) electrons. The lowest BCUT2D eigenvalue weighted by molar-refractivity contribution is 0.0702. The Morgan fingerprint density at radius 3 is 2.82 bits per heavy atom. The zero-order valence-electron chi connectivity index (χ0n) is 5.57. The largest absolute Gasteiger partial charge is 0.477 e. The summed E-state index contributed by atoms with van der Waals surface area (Å²) in [7, 11) is 0. The molecule has 0 atom stereocenters. The highest BCUT2D eigenvalue weighted by molar-refractivity contribution is 7.13. The molecule has 5 heteroatoms. The van der Waals surface area contributed by atoms with Crippen LogP contribution >= 0.6 is 11.3 Å². The van der Waals surface area contributed by atoms with Crippen LogP contribution in [-0.4, -0.2) is 16.3 Å². The molecule has 0 amide bonds. The molecular formula is C6H7NO3S. The number of carbonyl (C=O) groups is 1. The number of aromatic carboxylic acids is 1. The second-order valence-corrected chi connectivity index (χ2v) is 3.07. The molecular weight excluding hydrogens is 166 g/mol. The van der Waals surface area contributed by atoms with E-state index in [1.807, 2.05) is 5.48 Å². The molecule has 11 heavy (non-hydrogen) atoms. The summed E-state index contributed by atoms with van der Waals surface area (Å²) in [6.45, 7) is 0.290. The van der Waals surface area contributed by atoms with Crippen LogP contribution in [0.1, 0.15) is 14.5 Å². The standard InChI is InChI=1S/C6H7NO3S/c8-6(9)5-2-1-4(11-5)3-7-10/h1-2,7,10H,3H2,(H,8,9). The van der Waals surface area contributed by atoms with Crippen LogP contribution < -0.4 is 5.48 Å². The van der Waals surface area contributed by atoms with Gasteiger partial charge in [0.05, 0.1) is 6.54 Å². The van der Waals surface area contributed by atoms with Crippen LogP contribution in [0.4, 0.5) is 0 Å². The first-order valence-corrected chi connectivity index (χ1v) is 3.74. The summed E-state index contributed by atoms with van der Waals surface area (Å²) in [5.41, 5.74) is 1.95. The van der Waals surface area contributed by atoms with Crippen LogP contribution in [0.2, 0.25) is 0 Å². The zero-order chi connectivity index (χ0) is 8.27. The maximum atomic E-state index is 10.3. The molecule has 0 aliphatic rings. The third-order valence-electron chi connectivity index (χ3n) is 1.13. The molecule has 1 aromatic heterocycles. The van der Waals surface area contributed by atoms with E-state index >= 15 is 0 Å². The highest BCUT2D eigenvalue weighted by Crippen LogP contribution is 2.15. The molecule has 3 N–H and O–H groups in total. The van der Waals surface area contributed by atoms with E-state index in [0.717, 1.165) is 16.2 Å². The van der Waals surface area contributed by atoms with Crippen molar-refractivity contribution in [1.29, 1.82) is 0 Å². The van der Waals surface area contributed by atoms with Gasteiger partial charge in [-0.1, -0.05) is 0 Å². The van der Waals surface area contributed by atoms with Crippen LogP contribution in [0.25, 0.3) is 0 Å². The van der Waals surface area contributed by atoms with Crippen LogP contribution in [-0.2, 0) is 6.54 Å². The third kappa shape index (κ3) is 2.01. The number of rotatable bonds is 3. The minimum Gasteiger partial charge on any atom is -0.477 e. The Morgan fingerprint density at radius 1 is 1.64 bits per heavy atom. The van der Waals surface area contributed by atoms with Crippen LogP contribution in [0.3, 0.4) is 0 Å². The summed E-state index contributed by atoms with van der Waals surface area (Å²) in [6, 6.07) is 3.18. The van der Waals surface area contributed by atoms with E-state index in [1.54, 1.807) is 6.07 Å². The first kappa shape index (κ1) is 8.19. The minimum absolute atomic E-state index is 0.287. The van der Waals surface area contributed by atoms with Crippen LogP contribution in [0.15, 0.2) is 12.1 Å². The lowest BCUT2D eigenvalue weighted by atomic mass is 10.4. The Labute approximate surface area is 67.1 Å². The smallest absolute Gasteiger partial charge is 0.345 e. The van der Waals surface area contributed by atoms with E-state index in [9.17, 15) is 4.79 Å². The first-order chi connectivity index (χ1) is 5.24. The minimum atomic E-state index is -0.931. The van der Waals surface area contributed by atoms with Gasteiger partial charge in [-0.05, 0) is 12.1 Å². The van der Waals surface area contributed by atoms with Crippen molar-refractivity contribution in [3.63, 3.8) is 0 Å². The summed E-state index contributed by atoms with van der Waals surface area (Å²) in [4.78, 5) is 11.4. The van der Waals surface area contributed by atoms with Gasteiger partial charge < -0.3 is 10.3 Å². The lowest BCUT2D eigenvalue weighted by Crippen LogP contribution is -2.03. The van der Waals surface area contributed by atoms with E-state index in [4.69, 9.17) is 10.3 Å². The molecule has 0 unspecified atom stereocenters. The average molecular weight is 173 g/mol. The Balaban J connectivity index is 2.73. The molecule has 0 aromatic carbocycles. The fourth-order valence-corrected chi connectivity index (χ4v) is 1.44. The molecule has 0 spiro atoms. The number of hydrogen-bond donors (Lipinski definition) is 3. The van der Waals surface area contributed by atoms with Crippen molar-refractivity contribution in [3.8, 4) is 0 Å². The van der Waals surface area contributed by atoms with E-state index in [0.29, 0.717) is 0 Å². The highest BCUT2D eigenvalue weighted by Gasteiger charge is 2.05. The molecule has 0 fully saturated rings. The predicted molar refractivity (Wildman–Crippen MR) is 39.9 cm³/mol. The zero-order valence-corrected chi connectivity index (χ0v) is 6.39.